The van der Waals surface area contributed by atoms with Gasteiger partial charge < -0.3 is 35.6 Å². The summed E-state index contributed by atoms with van der Waals surface area (Å²) in [6.45, 7) is 0.563. The summed E-state index contributed by atoms with van der Waals surface area (Å²) in [5, 5.41) is 40.7. The minimum atomic E-state index is -2.43. The average Bonchev–Trinajstić information content (AvgIpc) is 3.00. The Kier molecular flexibility index (Phi) is 3.42. The molecule has 0 unspecified atom stereocenters. The molecule has 2 aromatic rings. The minimum absolute atomic E-state index is 0.0305. The van der Waals surface area contributed by atoms with Crippen molar-refractivity contribution in [3.8, 4) is 5.88 Å². The summed E-state index contributed by atoms with van der Waals surface area (Å²) in [5.41, 5.74) is 3.66. The fourth-order valence-corrected chi connectivity index (χ4v) is 2.64. The molecule has 1 aliphatic rings. The minimum Gasteiger partial charge on any atom is -0.479 e. The second-order valence-corrected chi connectivity index (χ2v) is 5.42. The molecule has 4 atom stereocenters. The van der Waals surface area contributed by atoms with Crippen LogP contribution in [0.2, 0.25) is 0 Å². The molecule has 0 aromatic carbocycles. The molecule has 0 bridgehead atoms. The van der Waals surface area contributed by atoms with E-state index in [-0.39, 0.29) is 23.0 Å². The molecular weight excluding hydrogens is 310 g/mol. The molecule has 0 amide bonds. The number of aromatic nitrogens is 4. The van der Waals surface area contributed by atoms with Crippen LogP contribution in [0.25, 0.3) is 11.2 Å². The van der Waals surface area contributed by atoms with Crippen LogP contribution in [0.1, 0.15) is 6.92 Å². The molecule has 0 spiro atoms. The van der Waals surface area contributed by atoms with Crippen LogP contribution in [0, 0.1) is 0 Å². The summed E-state index contributed by atoms with van der Waals surface area (Å²) in [5.74, 6) is -2.50. The van der Waals surface area contributed by atoms with Gasteiger partial charge >= 0.3 is 0 Å². The van der Waals surface area contributed by atoms with Gasteiger partial charge in [-0.05, 0) is 6.92 Å². The van der Waals surface area contributed by atoms with E-state index in [2.05, 4.69) is 15.0 Å². The Morgan fingerprint density at radius 1 is 1.43 bits per heavy atom. The van der Waals surface area contributed by atoms with E-state index in [1.165, 1.54) is 14.0 Å². The Morgan fingerprint density at radius 2 is 2.13 bits per heavy atom. The van der Waals surface area contributed by atoms with Gasteiger partial charge in [0.2, 0.25) is 11.8 Å². The van der Waals surface area contributed by atoms with Gasteiger partial charge in [0.25, 0.3) is 5.91 Å². The maximum atomic E-state index is 10.8. The molecule has 23 heavy (non-hydrogen) atoms. The molecule has 0 saturated carbocycles. The van der Waals surface area contributed by atoms with E-state index in [0.717, 1.165) is 10.9 Å². The van der Waals surface area contributed by atoms with Crippen molar-refractivity contribution in [2.45, 2.75) is 30.6 Å². The van der Waals surface area contributed by atoms with Gasteiger partial charge in [-0.15, -0.1) is 0 Å². The predicted octanol–water partition coefficient (Wildman–Crippen LogP) is -2.48. The molecule has 1 saturated heterocycles. The highest BCUT2D eigenvalue weighted by molar-refractivity contribution is 5.77. The van der Waals surface area contributed by atoms with E-state index in [9.17, 15) is 20.4 Å². The third kappa shape index (κ3) is 1.98. The zero-order valence-electron chi connectivity index (χ0n) is 12.4. The van der Waals surface area contributed by atoms with Crippen LogP contribution in [0.15, 0.2) is 6.33 Å². The lowest BCUT2D eigenvalue weighted by Gasteiger charge is -2.34. The first-order valence-corrected chi connectivity index (χ1v) is 6.72. The molecule has 0 radical (unpaired) electrons. The number of anilines is 1. The van der Waals surface area contributed by atoms with Crippen molar-refractivity contribution < 1.29 is 29.9 Å². The molecule has 11 nitrogen and oxygen atoms in total. The van der Waals surface area contributed by atoms with E-state index in [1.807, 2.05) is 0 Å². The van der Waals surface area contributed by atoms with Gasteiger partial charge in [0.15, 0.2) is 16.8 Å². The second kappa shape index (κ2) is 4.97. The Morgan fingerprint density at radius 3 is 2.70 bits per heavy atom. The zero-order chi connectivity index (χ0) is 17.0. The summed E-state index contributed by atoms with van der Waals surface area (Å²) in [6, 6.07) is 0. The summed E-state index contributed by atoms with van der Waals surface area (Å²) in [7, 11) is 1.36. The van der Waals surface area contributed by atoms with Crippen molar-refractivity contribution >= 4 is 17.1 Å². The van der Waals surface area contributed by atoms with Crippen LogP contribution >= 0.6 is 0 Å². The first-order valence-electron chi connectivity index (χ1n) is 6.72. The number of fused-ring (bicyclic) bond motifs is 1. The number of aliphatic hydroxyl groups is 4. The normalized spacial score (nSPS) is 34.2. The van der Waals surface area contributed by atoms with Gasteiger partial charge in [0.1, 0.15) is 18.5 Å². The smallest absolute Gasteiger partial charge is 0.288 e. The van der Waals surface area contributed by atoms with Crippen molar-refractivity contribution in [1.82, 2.24) is 19.5 Å². The summed E-state index contributed by atoms with van der Waals surface area (Å²) < 4.78 is 11.3. The highest BCUT2D eigenvalue weighted by atomic mass is 16.7. The largest absolute Gasteiger partial charge is 0.479 e. The summed E-state index contributed by atoms with van der Waals surface area (Å²) in [4.78, 5) is 11.9. The molecule has 1 fully saturated rings. The van der Waals surface area contributed by atoms with Crippen LogP contribution in [0.4, 0.5) is 5.95 Å². The van der Waals surface area contributed by atoms with E-state index >= 15 is 0 Å². The average molecular weight is 327 g/mol. The molecular formula is C12H17N5O6. The fraction of sp³-hybridized carbons (Fsp3) is 0.583. The molecule has 0 aliphatic carbocycles. The van der Waals surface area contributed by atoms with Crippen molar-refractivity contribution in [2.75, 3.05) is 19.5 Å². The van der Waals surface area contributed by atoms with Crippen LogP contribution in [0.5, 0.6) is 5.88 Å². The number of rotatable bonds is 3. The summed E-state index contributed by atoms with van der Waals surface area (Å²) in [6.07, 6.45) is -1.60. The highest BCUT2D eigenvalue weighted by Crippen LogP contribution is 2.43. The molecule has 11 heteroatoms. The molecule has 126 valence electrons. The van der Waals surface area contributed by atoms with Gasteiger partial charge in [-0.3, -0.25) is 4.57 Å². The van der Waals surface area contributed by atoms with Crippen LogP contribution in [0.3, 0.4) is 0 Å². The van der Waals surface area contributed by atoms with Gasteiger partial charge in [0.05, 0.1) is 13.7 Å². The van der Waals surface area contributed by atoms with Gasteiger partial charge in [-0.1, -0.05) is 0 Å². The maximum absolute atomic E-state index is 10.8. The Hall–Kier alpha value is -2.05. The Bertz CT molecular complexity index is 749. The van der Waals surface area contributed by atoms with Gasteiger partial charge in [-0.2, -0.15) is 9.97 Å². The number of ether oxygens (including phenoxy) is 2. The molecule has 3 rings (SSSR count). The number of aliphatic hydroxyl groups excluding tert-OH is 2. The van der Waals surface area contributed by atoms with Crippen LogP contribution < -0.4 is 10.5 Å². The highest BCUT2D eigenvalue weighted by Gasteiger charge is 2.64. The third-order valence-corrected chi connectivity index (χ3v) is 3.98. The monoisotopic (exact) mass is 327 g/mol. The lowest BCUT2D eigenvalue weighted by molar-refractivity contribution is -0.317. The predicted molar refractivity (Wildman–Crippen MR) is 75.1 cm³/mol. The van der Waals surface area contributed by atoms with Crippen molar-refractivity contribution in [2.24, 2.45) is 0 Å². The van der Waals surface area contributed by atoms with E-state index in [1.54, 1.807) is 0 Å². The fourth-order valence-electron chi connectivity index (χ4n) is 2.64. The topological polar surface area (TPSA) is 169 Å². The van der Waals surface area contributed by atoms with Crippen LogP contribution in [-0.2, 0) is 10.6 Å². The van der Waals surface area contributed by atoms with Crippen molar-refractivity contribution in [3.63, 3.8) is 0 Å². The lowest BCUT2D eigenvalue weighted by atomic mass is 9.94. The zero-order valence-corrected chi connectivity index (χ0v) is 12.4. The third-order valence-electron chi connectivity index (χ3n) is 3.98. The molecule has 3 heterocycles. The lowest BCUT2D eigenvalue weighted by Crippen LogP contribution is -2.55. The van der Waals surface area contributed by atoms with Gasteiger partial charge in [0, 0.05) is 0 Å². The van der Waals surface area contributed by atoms with Crippen molar-refractivity contribution in [1.29, 1.82) is 0 Å². The second-order valence-electron chi connectivity index (χ2n) is 5.42. The first kappa shape index (κ1) is 15.8. The number of nitrogens with two attached hydrogens (primary N) is 1. The Labute approximate surface area is 129 Å². The quantitative estimate of drug-likeness (QED) is 0.407. The maximum Gasteiger partial charge on any atom is 0.288 e. The molecule has 1 aliphatic heterocycles. The SMILES string of the molecule is COc1nc(N)nc2c1ncn2[C@@]1(O)O[C@H](CO)[C@@H](O)[C@@]1(C)O. The first-order chi connectivity index (χ1) is 10.8. The van der Waals surface area contributed by atoms with E-state index in [4.69, 9.17) is 15.2 Å². The number of nitrogens with zero attached hydrogens (tertiary/aromatic N) is 4. The standard InChI is InChI=1S/C12H17N5O6/c1-11(20)7(19)5(3-18)23-12(11,21)17-4-14-6-8(17)15-10(13)16-9(6)22-2/h4-5,7,18-21H,3H2,1-2H3,(H2,13,15,16)/t5-,7-,11-,12+/m1/s1. The van der Waals surface area contributed by atoms with E-state index in [0.29, 0.717) is 0 Å². The van der Waals surface area contributed by atoms with Crippen LogP contribution in [-0.4, -0.2) is 71.5 Å². The number of nitrogen functional groups attached to an aromatic ring is 1. The number of imidazole rings is 1. The summed E-state index contributed by atoms with van der Waals surface area (Å²) >= 11 is 0. The number of hydrogen-bond acceptors (Lipinski definition) is 10. The number of methoxy groups -OCH3 is 1. The number of hydrogen-bond donors (Lipinski definition) is 5. The van der Waals surface area contributed by atoms with E-state index < -0.39 is 30.3 Å². The van der Waals surface area contributed by atoms with Gasteiger partial charge in [-0.25, -0.2) is 4.98 Å². The Balaban J connectivity index is 2.22. The molecule has 2 aromatic heterocycles. The van der Waals surface area contributed by atoms with Crippen molar-refractivity contribution in [3.05, 3.63) is 6.33 Å². The molecule has 6 N–H and O–H groups in total.